The number of ether oxygens (including phenoxy) is 1. The molecule has 0 bridgehead atoms. The summed E-state index contributed by atoms with van der Waals surface area (Å²) in [5.74, 6) is -0.492. The highest BCUT2D eigenvalue weighted by Gasteiger charge is 2.29. The summed E-state index contributed by atoms with van der Waals surface area (Å²) in [6, 6.07) is 4.29. The van der Waals surface area contributed by atoms with Crippen LogP contribution in [-0.4, -0.2) is 59.4 Å². The van der Waals surface area contributed by atoms with Gasteiger partial charge >= 0.3 is 0 Å². The van der Waals surface area contributed by atoms with Gasteiger partial charge in [0.25, 0.3) is 0 Å². The van der Waals surface area contributed by atoms with Crippen LogP contribution in [0.4, 0.5) is 5.69 Å². The maximum absolute atomic E-state index is 12.7. The molecule has 0 aromatic heterocycles. The molecule has 1 fully saturated rings. The minimum atomic E-state index is -3.84. The summed E-state index contributed by atoms with van der Waals surface area (Å²) < 4.78 is 33.0. The Bertz CT molecular complexity index is 761. The normalized spacial score (nSPS) is 15.6. The highest BCUT2D eigenvalue weighted by molar-refractivity contribution is 7.89. The number of carbonyl (C=O) groups excluding carboxylic acids is 2. The monoisotopic (exact) mass is 383 g/mol. The van der Waals surface area contributed by atoms with Gasteiger partial charge in [-0.05, 0) is 51.7 Å². The molecule has 0 atom stereocenters. The molecule has 1 aromatic rings. The lowest BCUT2D eigenvalue weighted by atomic mass is 10.1. The summed E-state index contributed by atoms with van der Waals surface area (Å²) >= 11 is 0. The number of carbonyl (C=O) groups is 2. The van der Waals surface area contributed by atoms with Gasteiger partial charge in [-0.1, -0.05) is 0 Å². The standard InChI is InChI=1S/C17H25N3O5S/c1-19(2)11-5-10-18-26(23,24)15-12-13(8-9-14(15)25-3)20-16(21)6-4-7-17(20)22/h8-9,12,18H,4-7,10-11H2,1-3H3. The van der Waals surface area contributed by atoms with Gasteiger partial charge in [0.15, 0.2) is 0 Å². The second-order valence-electron chi connectivity index (χ2n) is 6.37. The Labute approximate surface area is 154 Å². The van der Waals surface area contributed by atoms with Crippen molar-refractivity contribution in [2.24, 2.45) is 0 Å². The minimum Gasteiger partial charge on any atom is -0.495 e. The molecule has 8 nitrogen and oxygen atoms in total. The lowest BCUT2D eigenvalue weighted by Crippen LogP contribution is -2.40. The van der Waals surface area contributed by atoms with Crippen molar-refractivity contribution in [1.82, 2.24) is 9.62 Å². The van der Waals surface area contributed by atoms with Crippen LogP contribution in [-0.2, 0) is 19.6 Å². The number of rotatable bonds is 8. The fourth-order valence-electron chi connectivity index (χ4n) is 2.74. The van der Waals surface area contributed by atoms with E-state index in [4.69, 9.17) is 4.74 Å². The first kappa shape index (κ1) is 20.3. The first-order chi connectivity index (χ1) is 12.3. The quantitative estimate of drug-likeness (QED) is 0.531. The number of hydrogen-bond donors (Lipinski definition) is 1. The Morgan fingerprint density at radius 3 is 2.42 bits per heavy atom. The molecule has 0 saturated carbocycles. The zero-order valence-corrected chi connectivity index (χ0v) is 16.1. The molecule has 0 unspecified atom stereocenters. The summed E-state index contributed by atoms with van der Waals surface area (Å²) in [6.07, 6.45) is 1.70. The van der Waals surface area contributed by atoms with Crippen molar-refractivity contribution in [2.45, 2.75) is 30.6 Å². The number of methoxy groups -OCH3 is 1. The maximum Gasteiger partial charge on any atom is 0.244 e. The Hall–Kier alpha value is -1.97. The number of nitrogens with zero attached hydrogens (tertiary/aromatic N) is 2. The van der Waals surface area contributed by atoms with Crippen molar-refractivity contribution in [2.75, 3.05) is 39.2 Å². The lowest BCUT2D eigenvalue weighted by Gasteiger charge is -2.25. The second-order valence-corrected chi connectivity index (χ2v) is 8.10. The van der Waals surface area contributed by atoms with E-state index in [0.29, 0.717) is 12.8 Å². The topological polar surface area (TPSA) is 96.0 Å². The van der Waals surface area contributed by atoms with Crippen LogP contribution in [0.2, 0.25) is 0 Å². The molecule has 1 N–H and O–H groups in total. The van der Waals surface area contributed by atoms with E-state index in [-0.39, 0.29) is 47.5 Å². The summed E-state index contributed by atoms with van der Waals surface area (Å²) in [5, 5.41) is 0. The molecule has 2 amide bonds. The zero-order valence-electron chi connectivity index (χ0n) is 15.3. The van der Waals surface area contributed by atoms with Crippen LogP contribution in [0.25, 0.3) is 0 Å². The summed E-state index contributed by atoms with van der Waals surface area (Å²) in [4.78, 5) is 27.1. The number of sulfonamides is 1. The van der Waals surface area contributed by atoms with Crippen LogP contribution in [0.3, 0.4) is 0 Å². The van der Waals surface area contributed by atoms with E-state index in [1.54, 1.807) is 0 Å². The number of imide groups is 1. The molecule has 2 rings (SSSR count). The Morgan fingerprint density at radius 1 is 1.19 bits per heavy atom. The Morgan fingerprint density at radius 2 is 1.85 bits per heavy atom. The fourth-order valence-corrected chi connectivity index (χ4v) is 4.00. The van der Waals surface area contributed by atoms with Gasteiger partial charge in [-0.15, -0.1) is 0 Å². The first-order valence-corrected chi connectivity index (χ1v) is 9.93. The van der Waals surface area contributed by atoms with Crippen molar-refractivity contribution < 1.29 is 22.7 Å². The highest BCUT2D eigenvalue weighted by Crippen LogP contribution is 2.31. The lowest BCUT2D eigenvalue weighted by molar-refractivity contribution is -0.129. The van der Waals surface area contributed by atoms with Crippen molar-refractivity contribution >= 4 is 27.5 Å². The van der Waals surface area contributed by atoms with Crippen LogP contribution in [0, 0.1) is 0 Å². The molecule has 1 saturated heterocycles. The molecule has 0 aliphatic carbocycles. The van der Waals surface area contributed by atoms with E-state index in [0.717, 1.165) is 11.4 Å². The zero-order chi connectivity index (χ0) is 19.3. The van der Waals surface area contributed by atoms with Crippen molar-refractivity contribution in [3.63, 3.8) is 0 Å². The average Bonchev–Trinajstić information content (AvgIpc) is 2.58. The molecule has 1 aromatic carbocycles. The van der Waals surface area contributed by atoms with Crippen LogP contribution in [0.5, 0.6) is 5.75 Å². The van der Waals surface area contributed by atoms with E-state index in [1.165, 1.54) is 25.3 Å². The van der Waals surface area contributed by atoms with E-state index >= 15 is 0 Å². The van der Waals surface area contributed by atoms with Crippen LogP contribution in [0.15, 0.2) is 23.1 Å². The third kappa shape index (κ3) is 4.80. The van der Waals surface area contributed by atoms with Gasteiger partial charge in [-0.25, -0.2) is 13.1 Å². The van der Waals surface area contributed by atoms with Crippen molar-refractivity contribution in [1.29, 1.82) is 0 Å². The van der Waals surface area contributed by atoms with E-state index in [2.05, 4.69) is 4.72 Å². The third-order valence-corrected chi connectivity index (χ3v) is 5.53. The third-order valence-electron chi connectivity index (χ3n) is 4.05. The molecule has 1 aliphatic heterocycles. The molecule has 1 aliphatic rings. The predicted octanol–water partition coefficient (Wildman–Crippen LogP) is 0.969. The predicted molar refractivity (Wildman–Crippen MR) is 97.7 cm³/mol. The molecule has 0 radical (unpaired) electrons. The smallest absolute Gasteiger partial charge is 0.244 e. The number of amides is 2. The molecule has 9 heteroatoms. The van der Waals surface area contributed by atoms with Gasteiger partial charge in [0.1, 0.15) is 10.6 Å². The van der Waals surface area contributed by atoms with Crippen LogP contribution in [0.1, 0.15) is 25.7 Å². The van der Waals surface area contributed by atoms with E-state index < -0.39 is 10.0 Å². The molecule has 26 heavy (non-hydrogen) atoms. The molecule has 1 heterocycles. The first-order valence-electron chi connectivity index (χ1n) is 8.44. The number of piperidine rings is 1. The van der Waals surface area contributed by atoms with Gasteiger partial charge in [0.2, 0.25) is 21.8 Å². The number of anilines is 1. The highest BCUT2D eigenvalue weighted by atomic mass is 32.2. The summed E-state index contributed by atoms with van der Waals surface area (Å²) in [7, 11) is 1.35. The molecular formula is C17H25N3O5S. The minimum absolute atomic E-state index is 0.0893. The van der Waals surface area contributed by atoms with Gasteiger partial charge in [-0.3, -0.25) is 14.5 Å². The number of hydrogen-bond acceptors (Lipinski definition) is 6. The van der Waals surface area contributed by atoms with Crippen LogP contribution < -0.4 is 14.4 Å². The van der Waals surface area contributed by atoms with Gasteiger partial charge < -0.3 is 9.64 Å². The summed E-state index contributed by atoms with van der Waals surface area (Å²) in [5.41, 5.74) is 0.245. The maximum atomic E-state index is 12.7. The largest absolute Gasteiger partial charge is 0.495 e. The van der Waals surface area contributed by atoms with Crippen LogP contribution >= 0.6 is 0 Å². The Balaban J connectivity index is 2.29. The van der Waals surface area contributed by atoms with Gasteiger partial charge in [-0.2, -0.15) is 0 Å². The van der Waals surface area contributed by atoms with Crippen molar-refractivity contribution in [3.8, 4) is 5.75 Å². The van der Waals surface area contributed by atoms with Crippen molar-refractivity contribution in [3.05, 3.63) is 18.2 Å². The summed E-state index contributed by atoms with van der Waals surface area (Å²) in [6.45, 7) is 1.02. The average molecular weight is 383 g/mol. The van der Waals surface area contributed by atoms with E-state index in [9.17, 15) is 18.0 Å². The number of nitrogens with one attached hydrogen (secondary N) is 1. The Kier molecular flexibility index (Phi) is 6.74. The second kappa shape index (κ2) is 8.61. The molecular weight excluding hydrogens is 358 g/mol. The van der Waals surface area contributed by atoms with Gasteiger partial charge in [0.05, 0.1) is 12.8 Å². The molecule has 0 spiro atoms. The fraction of sp³-hybridized carbons (Fsp3) is 0.529. The SMILES string of the molecule is COc1ccc(N2C(=O)CCCC2=O)cc1S(=O)(=O)NCCCN(C)C. The molecule has 144 valence electrons. The number of benzene rings is 1. The van der Waals surface area contributed by atoms with Gasteiger partial charge in [0, 0.05) is 19.4 Å². The van der Waals surface area contributed by atoms with E-state index in [1.807, 2.05) is 19.0 Å².